The molecule has 2 atom stereocenters. The third-order valence-electron chi connectivity index (χ3n) is 3.71. The summed E-state index contributed by atoms with van der Waals surface area (Å²) in [5, 5.41) is 4.30. The summed E-state index contributed by atoms with van der Waals surface area (Å²) >= 11 is 9.72. The minimum absolute atomic E-state index is 0.697. The molecule has 1 aromatic rings. The summed E-state index contributed by atoms with van der Waals surface area (Å²) in [6.45, 7) is 0. The third kappa shape index (κ3) is 3.70. The molecule has 3 heteroatoms. The summed E-state index contributed by atoms with van der Waals surface area (Å²) < 4.78 is 1.06. The summed E-state index contributed by atoms with van der Waals surface area (Å²) in [6, 6.07) is 6.92. The van der Waals surface area contributed by atoms with E-state index < -0.39 is 0 Å². The Hall–Kier alpha value is -0.0500. The van der Waals surface area contributed by atoms with Crippen molar-refractivity contribution >= 4 is 27.5 Å². The summed E-state index contributed by atoms with van der Waals surface area (Å²) in [7, 11) is 2.07. The van der Waals surface area contributed by atoms with Gasteiger partial charge < -0.3 is 5.32 Å². The summed E-state index contributed by atoms with van der Waals surface area (Å²) in [6.07, 6.45) is 6.39. The van der Waals surface area contributed by atoms with Gasteiger partial charge in [-0.15, -0.1) is 0 Å². The van der Waals surface area contributed by atoms with E-state index in [0.717, 1.165) is 21.8 Å². The zero-order chi connectivity index (χ0) is 12.3. The molecule has 1 aliphatic rings. The third-order valence-corrected chi connectivity index (χ3v) is 4.56. The minimum Gasteiger partial charge on any atom is -0.317 e. The van der Waals surface area contributed by atoms with Gasteiger partial charge in [0.1, 0.15) is 0 Å². The van der Waals surface area contributed by atoms with Crippen molar-refractivity contribution in [1.29, 1.82) is 0 Å². The van der Waals surface area contributed by atoms with Crippen LogP contribution in [-0.4, -0.2) is 13.1 Å². The number of halogens is 2. The van der Waals surface area contributed by atoms with Gasteiger partial charge >= 0.3 is 0 Å². The molecular weight excluding hydrogens is 298 g/mol. The lowest BCUT2D eigenvalue weighted by atomic mass is 9.82. The molecule has 0 spiro atoms. The lowest BCUT2D eigenvalue weighted by Crippen LogP contribution is -2.31. The van der Waals surface area contributed by atoms with E-state index in [0.29, 0.717) is 6.04 Å². The van der Waals surface area contributed by atoms with Crippen LogP contribution in [0.5, 0.6) is 0 Å². The van der Waals surface area contributed by atoms with Gasteiger partial charge in [-0.25, -0.2) is 0 Å². The van der Waals surface area contributed by atoms with Gasteiger partial charge in [0.15, 0.2) is 0 Å². The Kier molecular flexibility index (Phi) is 4.89. The lowest BCUT2D eigenvalue weighted by Gasteiger charge is -2.29. The van der Waals surface area contributed by atoms with Gasteiger partial charge in [0.25, 0.3) is 0 Å². The molecule has 1 nitrogen and oxygen atoms in total. The van der Waals surface area contributed by atoms with Crippen LogP contribution in [0.2, 0.25) is 5.02 Å². The van der Waals surface area contributed by atoms with Gasteiger partial charge in [-0.05, 0) is 49.9 Å². The summed E-state index contributed by atoms with van der Waals surface area (Å²) in [5.74, 6) is 0.778. The molecule has 2 rings (SSSR count). The van der Waals surface area contributed by atoms with Crippen LogP contribution in [-0.2, 0) is 6.42 Å². The van der Waals surface area contributed by atoms with E-state index in [2.05, 4.69) is 40.4 Å². The first-order valence-corrected chi connectivity index (χ1v) is 7.47. The normalized spacial score (nSPS) is 24.9. The second kappa shape index (κ2) is 6.21. The fourth-order valence-corrected chi connectivity index (χ4v) is 3.49. The topological polar surface area (TPSA) is 12.0 Å². The maximum Gasteiger partial charge on any atom is 0.0449 e. The zero-order valence-electron chi connectivity index (χ0n) is 10.2. The predicted molar refractivity (Wildman–Crippen MR) is 77.7 cm³/mol. The Morgan fingerprint density at radius 1 is 1.41 bits per heavy atom. The molecule has 2 unspecified atom stereocenters. The molecular formula is C14H19BrClN. The predicted octanol–water partition coefficient (Wildman–Crippen LogP) is 4.42. The van der Waals surface area contributed by atoms with Gasteiger partial charge in [0.05, 0.1) is 0 Å². The van der Waals surface area contributed by atoms with E-state index >= 15 is 0 Å². The standard InChI is InChI=1S/C14H19BrClN/c1-17-13-4-2-3-10(8-13)7-11-5-6-12(15)9-14(11)16/h5-6,9-10,13,17H,2-4,7-8H2,1H3. The van der Waals surface area contributed by atoms with Gasteiger partial charge in [-0.2, -0.15) is 0 Å². The van der Waals surface area contributed by atoms with Crippen LogP contribution >= 0.6 is 27.5 Å². The van der Waals surface area contributed by atoms with Crippen LogP contribution in [0, 0.1) is 5.92 Å². The highest BCUT2D eigenvalue weighted by molar-refractivity contribution is 9.10. The molecule has 1 saturated carbocycles. The van der Waals surface area contributed by atoms with Gasteiger partial charge in [0, 0.05) is 15.5 Å². The van der Waals surface area contributed by atoms with Crippen LogP contribution in [0.15, 0.2) is 22.7 Å². The Morgan fingerprint density at radius 2 is 2.24 bits per heavy atom. The quantitative estimate of drug-likeness (QED) is 0.870. The Bertz CT molecular complexity index is 380. The molecule has 0 aromatic heterocycles. The Labute approximate surface area is 117 Å². The molecule has 1 fully saturated rings. The second-order valence-corrected chi connectivity index (χ2v) is 6.28. The average Bonchev–Trinajstić information content (AvgIpc) is 2.33. The maximum absolute atomic E-state index is 6.27. The first-order chi connectivity index (χ1) is 8.19. The number of benzene rings is 1. The summed E-state index contributed by atoms with van der Waals surface area (Å²) in [4.78, 5) is 0. The van der Waals surface area contributed by atoms with E-state index in [1.807, 2.05) is 6.07 Å². The van der Waals surface area contributed by atoms with Crippen LogP contribution < -0.4 is 5.32 Å². The highest BCUT2D eigenvalue weighted by Crippen LogP contribution is 2.30. The molecule has 0 radical (unpaired) electrons. The second-order valence-electron chi connectivity index (χ2n) is 4.96. The van der Waals surface area contributed by atoms with Gasteiger partial charge in [-0.1, -0.05) is 46.4 Å². The average molecular weight is 317 g/mol. The maximum atomic E-state index is 6.27. The SMILES string of the molecule is CNC1CCCC(Cc2ccc(Br)cc2Cl)C1. The van der Waals surface area contributed by atoms with Crippen LogP contribution in [0.4, 0.5) is 0 Å². The highest BCUT2D eigenvalue weighted by Gasteiger charge is 2.21. The van der Waals surface area contributed by atoms with Gasteiger partial charge in [-0.3, -0.25) is 0 Å². The molecule has 1 aromatic carbocycles. The summed E-state index contributed by atoms with van der Waals surface area (Å²) in [5.41, 5.74) is 1.29. The van der Waals surface area contributed by atoms with Crippen molar-refractivity contribution in [2.75, 3.05) is 7.05 Å². The zero-order valence-corrected chi connectivity index (χ0v) is 12.5. The van der Waals surface area contributed by atoms with Crippen molar-refractivity contribution < 1.29 is 0 Å². The van der Waals surface area contributed by atoms with Crippen molar-refractivity contribution in [1.82, 2.24) is 5.32 Å². The molecule has 0 heterocycles. The smallest absolute Gasteiger partial charge is 0.0449 e. The van der Waals surface area contributed by atoms with E-state index in [4.69, 9.17) is 11.6 Å². The van der Waals surface area contributed by atoms with Crippen molar-refractivity contribution in [2.45, 2.75) is 38.1 Å². The van der Waals surface area contributed by atoms with Crippen LogP contribution in [0.25, 0.3) is 0 Å². The minimum atomic E-state index is 0.697. The van der Waals surface area contributed by atoms with Crippen molar-refractivity contribution in [3.63, 3.8) is 0 Å². The van der Waals surface area contributed by atoms with E-state index in [1.54, 1.807) is 0 Å². The Balaban J connectivity index is 2.00. The monoisotopic (exact) mass is 315 g/mol. The highest BCUT2D eigenvalue weighted by atomic mass is 79.9. The first-order valence-electron chi connectivity index (χ1n) is 6.30. The molecule has 0 amide bonds. The number of hydrogen-bond acceptors (Lipinski definition) is 1. The molecule has 17 heavy (non-hydrogen) atoms. The number of hydrogen-bond donors (Lipinski definition) is 1. The Morgan fingerprint density at radius 3 is 2.94 bits per heavy atom. The first kappa shape index (κ1) is 13.4. The fraction of sp³-hybridized carbons (Fsp3) is 0.571. The van der Waals surface area contributed by atoms with Crippen LogP contribution in [0.1, 0.15) is 31.2 Å². The number of rotatable bonds is 3. The molecule has 0 saturated heterocycles. The van der Waals surface area contributed by atoms with E-state index in [9.17, 15) is 0 Å². The number of nitrogens with one attached hydrogen (secondary N) is 1. The van der Waals surface area contributed by atoms with Crippen LogP contribution in [0.3, 0.4) is 0 Å². The molecule has 0 aliphatic heterocycles. The fourth-order valence-electron chi connectivity index (χ4n) is 2.74. The molecule has 1 aliphatic carbocycles. The van der Waals surface area contributed by atoms with E-state index in [1.165, 1.54) is 31.2 Å². The van der Waals surface area contributed by atoms with Crippen molar-refractivity contribution in [3.05, 3.63) is 33.3 Å². The van der Waals surface area contributed by atoms with Gasteiger partial charge in [0.2, 0.25) is 0 Å². The van der Waals surface area contributed by atoms with E-state index in [-0.39, 0.29) is 0 Å². The lowest BCUT2D eigenvalue weighted by molar-refractivity contribution is 0.294. The molecule has 94 valence electrons. The van der Waals surface area contributed by atoms with Crippen molar-refractivity contribution in [2.24, 2.45) is 5.92 Å². The molecule has 0 bridgehead atoms. The molecule has 1 N–H and O–H groups in total. The van der Waals surface area contributed by atoms with Crippen molar-refractivity contribution in [3.8, 4) is 0 Å². The largest absolute Gasteiger partial charge is 0.317 e.